The molecular formula is C13H19BrO2. The molecular weight excluding hydrogens is 268 g/mol. The van der Waals surface area contributed by atoms with E-state index in [1.165, 1.54) is 5.56 Å². The van der Waals surface area contributed by atoms with E-state index in [1.54, 1.807) is 7.11 Å². The Morgan fingerprint density at radius 3 is 2.62 bits per heavy atom. The molecule has 1 rings (SSSR count). The Labute approximate surface area is 106 Å². The van der Waals surface area contributed by atoms with Gasteiger partial charge in [-0.1, -0.05) is 28.9 Å². The lowest BCUT2D eigenvalue weighted by atomic mass is 9.98. The first-order chi connectivity index (χ1) is 7.72. The van der Waals surface area contributed by atoms with E-state index in [2.05, 4.69) is 35.0 Å². The van der Waals surface area contributed by atoms with Crippen LogP contribution in [0.4, 0.5) is 0 Å². The highest BCUT2D eigenvalue weighted by Crippen LogP contribution is 2.31. The maximum absolute atomic E-state index is 5.49. The van der Waals surface area contributed by atoms with Crippen molar-refractivity contribution < 1.29 is 9.47 Å². The molecule has 0 aliphatic heterocycles. The highest BCUT2D eigenvalue weighted by Gasteiger charge is 2.09. The van der Waals surface area contributed by atoms with Crippen LogP contribution in [0.3, 0.4) is 0 Å². The van der Waals surface area contributed by atoms with Gasteiger partial charge >= 0.3 is 0 Å². The van der Waals surface area contributed by atoms with Gasteiger partial charge in [0.15, 0.2) is 11.5 Å². The number of alkyl halides is 1. The summed E-state index contributed by atoms with van der Waals surface area (Å²) >= 11 is 3.47. The molecule has 1 aromatic carbocycles. The normalized spacial score (nSPS) is 12.2. The molecule has 0 N–H and O–H groups in total. The molecule has 0 amide bonds. The molecule has 0 saturated carbocycles. The zero-order valence-corrected chi connectivity index (χ0v) is 11.7. The second-order valence-corrected chi connectivity index (χ2v) is 4.52. The van der Waals surface area contributed by atoms with Crippen LogP contribution in [0.25, 0.3) is 0 Å². The van der Waals surface area contributed by atoms with Gasteiger partial charge in [-0.3, -0.25) is 0 Å². The molecule has 1 aromatic rings. The molecule has 0 heterocycles. The summed E-state index contributed by atoms with van der Waals surface area (Å²) in [7, 11) is 1.68. The Bertz CT molecular complexity index is 326. The highest BCUT2D eigenvalue weighted by atomic mass is 79.9. The van der Waals surface area contributed by atoms with Gasteiger partial charge < -0.3 is 9.47 Å². The van der Waals surface area contributed by atoms with Gasteiger partial charge in [-0.15, -0.1) is 0 Å². The summed E-state index contributed by atoms with van der Waals surface area (Å²) in [6.07, 6.45) is 1.12. The molecule has 90 valence electrons. The molecule has 1 atom stereocenters. The Morgan fingerprint density at radius 2 is 2.06 bits per heavy atom. The molecule has 0 spiro atoms. The van der Waals surface area contributed by atoms with Crippen LogP contribution in [0.1, 0.15) is 31.7 Å². The van der Waals surface area contributed by atoms with Gasteiger partial charge in [0.25, 0.3) is 0 Å². The molecule has 0 aromatic heterocycles. The molecule has 3 heteroatoms. The summed E-state index contributed by atoms with van der Waals surface area (Å²) < 4.78 is 10.8. The zero-order valence-electron chi connectivity index (χ0n) is 10.1. The molecule has 0 saturated heterocycles. The van der Waals surface area contributed by atoms with E-state index < -0.39 is 0 Å². The summed E-state index contributed by atoms with van der Waals surface area (Å²) in [5.74, 6) is 2.17. The largest absolute Gasteiger partial charge is 0.493 e. The fourth-order valence-corrected chi connectivity index (χ4v) is 2.28. The van der Waals surface area contributed by atoms with Gasteiger partial charge in [-0.25, -0.2) is 0 Å². The molecule has 0 fully saturated rings. The second-order valence-electron chi connectivity index (χ2n) is 3.72. The minimum Gasteiger partial charge on any atom is -0.493 e. The van der Waals surface area contributed by atoms with E-state index in [0.29, 0.717) is 12.5 Å². The van der Waals surface area contributed by atoms with Crippen LogP contribution < -0.4 is 9.47 Å². The summed E-state index contributed by atoms with van der Waals surface area (Å²) in [5.41, 5.74) is 1.29. The Hall–Kier alpha value is -0.700. The van der Waals surface area contributed by atoms with Crippen LogP contribution in [0.15, 0.2) is 18.2 Å². The van der Waals surface area contributed by atoms with E-state index >= 15 is 0 Å². The fourth-order valence-electron chi connectivity index (χ4n) is 1.60. The molecule has 0 radical (unpaired) electrons. The Morgan fingerprint density at radius 1 is 1.31 bits per heavy atom. The van der Waals surface area contributed by atoms with Crippen molar-refractivity contribution in [2.45, 2.75) is 26.2 Å². The number of rotatable bonds is 6. The van der Waals surface area contributed by atoms with E-state index in [9.17, 15) is 0 Å². The first-order valence-corrected chi connectivity index (χ1v) is 6.71. The highest BCUT2D eigenvalue weighted by molar-refractivity contribution is 9.09. The van der Waals surface area contributed by atoms with Crippen molar-refractivity contribution in [1.29, 1.82) is 0 Å². The lowest BCUT2D eigenvalue weighted by Gasteiger charge is -2.14. The standard InChI is InChI=1S/C13H19BrO2/c1-4-16-12-6-5-11(9-13(12)15-3)10(2)7-8-14/h5-6,9-10H,4,7-8H2,1-3H3. The lowest BCUT2D eigenvalue weighted by molar-refractivity contribution is 0.310. The van der Waals surface area contributed by atoms with Crippen molar-refractivity contribution in [2.75, 3.05) is 19.0 Å². The summed E-state index contributed by atoms with van der Waals surface area (Å²) in [5, 5.41) is 1.02. The van der Waals surface area contributed by atoms with E-state index in [-0.39, 0.29) is 0 Å². The minimum atomic E-state index is 0.531. The van der Waals surface area contributed by atoms with Gasteiger partial charge in [-0.2, -0.15) is 0 Å². The topological polar surface area (TPSA) is 18.5 Å². The predicted molar refractivity (Wildman–Crippen MR) is 71.0 cm³/mol. The zero-order chi connectivity index (χ0) is 12.0. The van der Waals surface area contributed by atoms with E-state index in [1.807, 2.05) is 13.0 Å². The number of methoxy groups -OCH3 is 1. The van der Waals surface area contributed by atoms with E-state index in [0.717, 1.165) is 23.2 Å². The average Bonchev–Trinajstić information content (AvgIpc) is 2.30. The van der Waals surface area contributed by atoms with Crippen LogP contribution in [0.5, 0.6) is 11.5 Å². The molecule has 0 bridgehead atoms. The predicted octanol–water partition coefficient (Wildman–Crippen LogP) is 3.98. The number of halogens is 1. The maximum atomic E-state index is 5.49. The number of ether oxygens (including phenoxy) is 2. The van der Waals surface area contributed by atoms with Crippen molar-refractivity contribution in [2.24, 2.45) is 0 Å². The quantitative estimate of drug-likeness (QED) is 0.737. The Kier molecular flexibility index (Phi) is 5.67. The van der Waals surface area contributed by atoms with Gasteiger partial charge in [0.1, 0.15) is 0 Å². The van der Waals surface area contributed by atoms with Crippen LogP contribution >= 0.6 is 15.9 Å². The third-order valence-electron chi connectivity index (χ3n) is 2.60. The summed E-state index contributed by atoms with van der Waals surface area (Å²) in [4.78, 5) is 0. The smallest absolute Gasteiger partial charge is 0.161 e. The number of hydrogen-bond acceptors (Lipinski definition) is 2. The third-order valence-corrected chi connectivity index (χ3v) is 3.06. The molecule has 0 aliphatic rings. The summed E-state index contributed by atoms with van der Waals surface area (Å²) in [6, 6.07) is 6.17. The number of benzene rings is 1. The van der Waals surface area contributed by atoms with Crippen molar-refractivity contribution in [3.05, 3.63) is 23.8 Å². The molecule has 16 heavy (non-hydrogen) atoms. The third kappa shape index (κ3) is 3.41. The van der Waals surface area contributed by atoms with Gasteiger partial charge in [0.05, 0.1) is 13.7 Å². The maximum Gasteiger partial charge on any atom is 0.161 e. The van der Waals surface area contributed by atoms with E-state index in [4.69, 9.17) is 9.47 Å². The van der Waals surface area contributed by atoms with Crippen LogP contribution in [0.2, 0.25) is 0 Å². The SMILES string of the molecule is CCOc1ccc(C(C)CCBr)cc1OC. The van der Waals surface area contributed by atoms with Crippen molar-refractivity contribution in [3.8, 4) is 11.5 Å². The second kappa shape index (κ2) is 6.79. The van der Waals surface area contributed by atoms with Crippen LogP contribution in [-0.4, -0.2) is 19.0 Å². The summed E-state index contributed by atoms with van der Waals surface area (Å²) in [6.45, 7) is 4.85. The van der Waals surface area contributed by atoms with Crippen LogP contribution in [0, 0.1) is 0 Å². The average molecular weight is 287 g/mol. The van der Waals surface area contributed by atoms with Gasteiger partial charge in [0.2, 0.25) is 0 Å². The first-order valence-electron chi connectivity index (χ1n) is 5.59. The monoisotopic (exact) mass is 286 g/mol. The Balaban J connectivity index is 2.89. The number of hydrogen-bond donors (Lipinski definition) is 0. The first kappa shape index (κ1) is 13.4. The molecule has 0 aliphatic carbocycles. The van der Waals surface area contributed by atoms with Crippen LogP contribution in [-0.2, 0) is 0 Å². The fraction of sp³-hybridized carbons (Fsp3) is 0.538. The van der Waals surface area contributed by atoms with Gasteiger partial charge in [0, 0.05) is 5.33 Å². The van der Waals surface area contributed by atoms with Gasteiger partial charge in [-0.05, 0) is 37.0 Å². The van der Waals surface area contributed by atoms with Crippen molar-refractivity contribution in [3.63, 3.8) is 0 Å². The van der Waals surface area contributed by atoms with Crippen molar-refractivity contribution >= 4 is 15.9 Å². The molecule has 2 nitrogen and oxygen atoms in total. The lowest BCUT2D eigenvalue weighted by Crippen LogP contribution is -1.99. The minimum absolute atomic E-state index is 0.531. The molecule has 1 unspecified atom stereocenters. The van der Waals surface area contributed by atoms with Crippen molar-refractivity contribution in [1.82, 2.24) is 0 Å².